The van der Waals surface area contributed by atoms with Crippen LogP contribution in [0.1, 0.15) is 92.4 Å². The summed E-state index contributed by atoms with van der Waals surface area (Å²) < 4.78 is 0. The van der Waals surface area contributed by atoms with E-state index in [1.54, 1.807) is 0 Å². The topological polar surface area (TPSA) is 83.5 Å². The van der Waals surface area contributed by atoms with E-state index in [9.17, 15) is 19.5 Å². The highest BCUT2D eigenvalue weighted by molar-refractivity contribution is 6.08. The summed E-state index contributed by atoms with van der Waals surface area (Å²) in [5, 5.41) is 13.0. The molecule has 4 rings (SSSR count). The van der Waals surface area contributed by atoms with Crippen LogP contribution in [-0.2, 0) is 14.4 Å². The van der Waals surface area contributed by atoms with Gasteiger partial charge in [0.25, 0.3) is 0 Å². The van der Waals surface area contributed by atoms with E-state index in [0.717, 1.165) is 44.1 Å². The Morgan fingerprint density at radius 2 is 1.82 bits per heavy atom. The van der Waals surface area contributed by atoms with Crippen molar-refractivity contribution >= 4 is 17.5 Å². The van der Waals surface area contributed by atoms with Crippen LogP contribution in [0.25, 0.3) is 0 Å². The second kappa shape index (κ2) is 8.79. The van der Waals surface area contributed by atoms with Crippen molar-refractivity contribution in [1.82, 2.24) is 5.32 Å². The van der Waals surface area contributed by atoms with E-state index < -0.39 is 0 Å². The standard InChI is InChI=1S/C28H41NO4/c1-16(29-18(3)30)6-9-24(32)17(2)26-25(33)15-23-21-8-7-19-14-20(31)10-12-27(19,4)22(21)11-13-28(23,26)5/h7,16,20-23,31H,6,8-15H2,1-5H3,(H,29,30)/b26-17+/t16?,20?,21?,22?,23?,27-,28-/m0/s1. The Morgan fingerprint density at radius 3 is 2.52 bits per heavy atom. The molecular formula is C28H41NO4. The summed E-state index contributed by atoms with van der Waals surface area (Å²) in [6.07, 6.45) is 9.39. The van der Waals surface area contributed by atoms with Crippen molar-refractivity contribution in [3.8, 4) is 0 Å². The van der Waals surface area contributed by atoms with Crippen LogP contribution >= 0.6 is 0 Å². The highest BCUT2D eigenvalue weighted by atomic mass is 16.3. The van der Waals surface area contributed by atoms with Gasteiger partial charge in [-0.3, -0.25) is 14.4 Å². The fraction of sp³-hybridized carbons (Fsp3) is 0.750. The van der Waals surface area contributed by atoms with Crippen LogP contribution in [0.3, 0.4) is 0 Å². The van der Waals surface area contributed by atoms with Crippen LogP contribution in [0.2, 0.25) is 0 Å². The minimum atomic E-state index is -0.225. The molecule has 182 valence electrons. The zero-order valence-electron chi connectivity index (χ0n) is 21.0. The molecule has 33 heavy (non-hydrogen) atoms. The first kappa shape index (κ1) is 24.4. The number of nitrogens with one attached hydrogen (secondary N) is 1. The lowest BCUT2D eigenvalue weighted by atomic mass is 9.47. The second-order valence-corrected chi connectivity index (χ2v) is 11.8. The Hall–Kier alpha value is -1.75. The second-order valence-electron chi connectivity index (χ2n) is 11.8. The highest BCUT2D eigenvalue weighted by Crippen LogP contribution is 2.65. The van der Waals surface area contributed by atoms with E-state index in [2.05, 4.69) is 25.2 Å². The molecule has 0 aliphatic heterocycles. The number of aliphatic hydroxyl groups excluding tert-OH is 1. The molecule has 0 saturated heterocycles. The molecular weight excluding hydrogens is 414 g/mol. The van der Waals surface area contributed by atoms with Gasteiger partial charge in [-0.2, -0.15) is 0 Å². The van der Waals surface area contributed by atoms with Crippen molar-refractivity contribution in [2.24, 2.45) is 28.6 Å². The summed E-state index contributed by atoms with van der Waals surface area (Å²) in [5.74, 6) is 1.44. The first-order chi connectivity index (χ1) is 15.5. The van der Waals surface area contributed by atoms with Gasteiger partial charge in [0, 0.05) is 31.4 Å². The molecule has 5 unspecified atom stereocenters. The van der Waals surface area contributed by atoms with E-state index in [4.69, 9.17) is 0 Å². The number of carbonyl (C=O) groups is 3. The van der Waals surface area contributed by atoms with Gasteiger partial charge in [0.1, 0.15) is 0 Å². The molecule has 0 aromatic rings. The molecule has 0 spiro atoms. The Balaban J connectivity index is 1.56. The zero-order chi connectivity index (χ0) is 24.1. The van der Waals surface area contributed by atoms with Crippen LogP contribution in [-0.4, -0.2) is 34.7 Å². The van der Waals surface area contributed by atoms with Crippen molar-refractivity contribution < 1.29 is 19.5 Å². The zero-order valence-corrected chi connectivity index (χ0v) is 21.0. The van der Waals surface area contributed by atoms with Crippen molar-refractivity contribution in [1.29, 1.82) is 0 Å². The lowest BCUT2D eigenvalue weighted by Gasteiger charge is -2.57. The number of amides is 1. The largest absolute Gasteiger partial charge is 0.393 e. The molecule has 0 heterocycles. The number of hydrogen-bond donors (Lipinski definition) is 2. The molecule has 5 heteroatoms. The van der Waals surface area contributed by atoms with Gasteiger partial charge in [0.05, 0.1) is 6.10 Å². The fourth-order valence-electron chi connectivity index (χ4n) is 8.00. The highest BCUT2D eigenvalue weighted by Gasteiger charge is 2.59. The lowest BCUT2D eigenvalue weighted by Crippen LogP contribution is -2.49. The molecule has 1 amide bonds. The third kappa shape index (κ3) is 4.15. The summed E-state index contributed by atoms with van der Waals surface area (Å²) in [6.45, 7) is 9.87. The van der Waals surface area contributed by atoms with Crippen molar-refractivity contribution in [3.05, 3.63) is 22.8 Å². The smallest absolute Gasteiger partial charge is 0.217 e. The van der Waals surface area contributed by atoms with E-state index >= 15 is 0 Å². The molecule has 4 aliphatic rings. The minimum absolute atomic E-state index is 0.0404. The molecule has 0 aromatic heterocycles. The Bertz CT molecular complexity index is 917. The van der Waals surface area contributed by atoms with Gasteiger partial charge in [-0.25, -0.2) is 0 Å². The van der Waals surface area contributed by atoms with Crippen LogP contribution in [0, 0.1) is 28.6 Å². The molecule has 3 fully saturated rings. The Morgan fingerprint density at radius 1 is 1.12 bits per heavy atom. The Kier molecular flexibility index (Phi) is 6.50. The average Bonchev–Trinajstić information content (AvgIpc) is 3.01. The van der Waals surface area contributed by atoms with Crippen molar-refractivity contribution in [3.63, 3.8) is 0 Å². The van der Waals surface area contributed by atoms with E-state index in [1.165, 1.54) is 12.5 Å². The molecule has 4 aliphatic carbocycles. The normalized spacial score (nSPS) is 40.2. The van der Waals surface area contributed by atoms with Crippen LogP contribution in [0.4, 0.5) is 0 Å². The molecule has 0 aromatic carbocycles. The predicted octanol–water partition coefficient (Wildman–Crippen LogP) is 4.68. The van der Waals surface area contributed by atoms with Gasteiger partial charge in [0.2, 0.25) is 5.91 Å². The molecule has 3 saturated carbocycles. The van der Waals surface area contributed by atoms with Gasteiger partial charge < -0.3 is 10.4 Å². The number of allylic oxidation sites excluding steroid dienone is 3. The first-order valence-corrected chi connectivity index (χ1v) is 12.9. The third-order valence-corrected chi connectivity index (χ3v) is 9.77. The summed E-state index contributed by atoms with van der Waals surface area (Å²) in [5.41, 5.74) is 2.80. The third-order valence-electron chi connectivity index (χ3n) is 9.77. The number of aliphatic hydroxyl groups is 1. The number of rotatable bonds is 5. The summed E-state index contributed by atoms with van der Waals surface area (Å²) >= 11 is 0. The van der Waals surface area contributed by atoms with Crippen molar-refractivity contribution in [2.75, 3.05) is 0 Å². The first-order valence-electron chi connectivity index (χ1n) is 12.9. The number of ketones is 2. The average molecular weight is 456 g/mol. The molecule has 2 N–H and O–H groups in total. The SMILES string of the molecule is CC(=O)NC(C)CCC(=O)/C(C)=C1\C(=O)CC2C3CC=C4CC(O)CC[C@]4(C)C3CC[C@]12C. The molecule has 0 bridgehead atoms. The van der Waals surface area contributed by atoms with Crippen molar-refractivity contribution in [2.45, 2.75) is 105 Å². The summed E-state index contributed by atoms with van der Waals surface area (Å²) in [4.78, 5) is 37.7. The maximum Gasteiger partial charge on any atom is 0.217 e. The van der Waals surface area contributed by atoms with E-state index in [0.29, 0.717) is 42.6 Å². The fourth-order valence-corrected chi connectivity index (χ4v) is 8.00. The van der Waals surface area contributed by atoms with Gasteiger partial charge in [0.15, 0.2) is 11.6 Å². The number of Topliss-reactive ketones (excluding diaryl/α,β-unsaturated/α-hetero) is 2. The monoisotopic (exact) mass is 455 g/mol. The van der Waals surface area contributed by atoms with E-state index in [1.807, 2.05) is 13.8 Å². The quantitative estimate of drug-likeness (QED) is 0.466. The predicted molar refractivity (Wildman–Crippen MR) is 128 cm³/mol. The van der Waals surface area contributed by atoms with E-state index in [-0.39, 0.29) is 40.4 Å². The van der Waals surface area contributed by atoms with Gasteiger partial charge in [-0.05, 0) is 93.0 Å². The lowest BCUT2D eigenvalue weighted by molar-refractivity contribution is -0.120. The number of fused-ring (bicyclic) bond motifs is 5. The van der Waals surface area contributed by atoms with Crippen LogP contribution in [0.5, 0.6) is 0 Å². The summed E-state index contributed by atoms with van der Waals surface area (Å²) in [6, 6.07) is -0.0553. The molecule has 7 atom stereocenters. The summed E-state index contributed by atoms with van der Waals surface area (Å²) in [7, 11) is 0. The molecule has 5 nitrogen and oxygen atoms in total. The van der Waals surface area contributed by atoms with Crippen LogP contribution in [0.15, 0.2) is 22.8 Å². The van der Waals surface area contributed by atoms with Gasteiger partial charge >= 0.3 is 0 Å². The maximum atomic E-state index is 13.3. The maximum absolute atomic E-state index is 13.3. The molecule has 0 radical (unpaired) electrons. The number of carbonyl (C=O) groups excluding carboxylic acids is 3. The van der Waals surface area contributed by atoms with Gasteiger partial charge in [-0.15, -0.1) is 0 Å². The Labute approximate surface area is 198 Å². The van der Waals surface area contributed by atoms with Crippen LogP contribution < -0.4 is 5.32 Å². The minimum Gasteiger partial charge on any atom is -0.393 e. The number of hydrogen-bond acceptors (Lipinski definition) is 4. The van der Waals surface area contributed by atoms with Gasteiger partial charge in [-0.1, -0.05) is 25.5 Å².